The highest BCUT2D eigenvalue weighted by molar-refractivity contribution is 7.95. The first-order chi connectivity index (χ1) is 7.37. The van der Waals surface area contributed by atoms with Crippen molar-refractivity contribution < 1.29 is 21.9 Å². The van der Waals surface area contributed by atoms with E-state index in [-0.39, 0.29) is 5.75 Å². The number of alkyl halides is 2. The third-order valence-corrected chi connectivity index (χ3v) is 1.91. The first kappa shape index (κ1) is 12.5. The quantitative estimate of drug-likeness (QED) is 0.745. The van der Waals surface area contributed by atoms with Crippen molar-refractivity contribution in [2.24, 2.45) is 0 Å². The van der Waals surface area contributed by atoms with Gasteiger partial charge in [-0.2, -0.15) is 8.78 Å². The fourth-order valence-electron chi connectivity index (χ4n) is 0.902. The van der Waals surface area contributed by atoms with Gasteiger partial charge in [0.25, 0.3) is 0 Å². The zero-order valence-corrected chi connectivity index (χ0v) is 9.09. The summed E-state index contributed by atoms with van der Waals surface area (Å²) in [7, 11) is -3.41. The van der Waals surface area contributed by atoms with Gasteiger partial charge in [0.15, 0.2) is 0 Å². The number of sulfone groups is 1. The zero-order chi connectivity index (χ0) is 12.2. The van der Waals surface area contributed by atoms with Crippen LogP contribution in [-0.4, -0.2) is 21.3 Å². The van der Waals surface area contributed by atoms with Crippen LogP contribution in [-0.2, 0) is 9.84 Å². The standard InChI is InChI=1S/C10H8F2O3S/c1-16(13,14)6-5-8-3-2-4-9(7-8)15-10(11)12/h2-4,7,10H,1H3. The number of halogens is 2. The van der Waals surface area contributed by atoms with E-state index in [1.165, 1.54) is 24.3 Å². The van der Waals surface area contributed by atoms with E-state index >= 15 is 0 Å². The Balaban J connectivity index is 2.94. The average Bonchev–Trinajstić information content (AvgIpc) is 2.13. The van der Waals surface area contributed by atoms with Gasteiger partial charge in [0, 0.05) is 10.8 Å². The Bertz CT molecular complexity index is 526. The number of hydrogen-bond acceptors (Lipinski definition) is 3. The number of rotatable bonds is 2. The van der Waals surface area contributed by atoms with Crippen LogP contribution in [0.1, 0.15) is 5.56 Å². The molecule has 0 spiro atoms. The normalized spacial score (nSPS) is 10.8. The number of benzene rings is 1. The monoisotopic (exact) mass is 246 g/mol. The molecule has 6 heteroatoms. The summed E-state index contributed by atoms with van der Waals surface area (Å²) in [5.41, 5.74) is 0.295. The highest BCUT2D eigenvalue weighted by atomic mass is 32.2. The molecule has 3 nitrogen and oxygen atoms in total. The zero-order valence-electron chi connectivity index (χ0n) is 8.28. The van der Waals surface area contributed by atoms with Crippen molar-refractivity contribution in [2.75, 3.05) is 6.26 Å². The fourth-order valence-corrected chi connectivity index (χ4v) is 1.20. The molecule has 16 heavy (non-hydrogen) atoms. The number of hydrogen-bond donors (Lipinski definition) is 0. The summed E-state index contributed by atoms with van der Waals surface area (Å²) < 4.78 is 49.4. The van der Waals surface area contributed by atoms with Crippen LogP contribution >= 0.6 is 0 Å². The van der Waals surface area contributed by atoms with Gasteiger partial charge in [-0.3, -0.25) is 0 Å². The lowest BCUT2D eigenvalue weighted by Crippen LogP contribution is -2.01. The highest BCUT2D eigenvalue weighted by Crippen LogP contribution is 2.15. The maximum absolute atomic E-state index is 11.9. The molecule has 0 aliphatic heterocycles. The van der Waals surface area contributed by atoms with Gasteiger partial charge in [-0.1, -0.05) is 6.07 Å². The summed E-state index contributed by atoms with van der Waals surface area (Å²) in [4.78, 5) is 0. The molecule has 86 valence electrons. The molecule has 0 saturated heterocycles. The Hall–Kier alpha value is -1.61. The first-order valence-corrected chi connectivity index (χ1v) is 6.03. The summed E-state index contributed by atoms with van der Waals surface area (Å²) in [6, 6.07) is 5.52. The first-order valence-electron chi connectivity index (χ1n) is 4.14. The summed E-state index contributed by atoms with van der Waals surface area (Å²) in [6.07, 6.45) is 0.958. The summed E-state index contributed by atoms with van der Waals surface area (Å²) in [5.74, 6) is 2.28. The third kappa shape index (κ3) is 4.75. The number of ether oxygens (including phenoxy) is 1. The van der Waals surface area contributed by atoms with Crippen LogP contribution < -0.4 is 4.74 Å². The lowest BCUT2D eigenvalue weighted by Gasteiger charge is -2.03. The molecule has 0 unspecified atom stereocenters. The van der Waals surface area contributed by atoms with Crippen molar-refractivity contribution in [3.8, 4) is 16.9 Å². The van der Waals surface area contributed by atoms with Crippen molar-refractivity contribution in [3.63, 3.8) is 0 Å². The second-order valence-electron chi connectivity index (χ2n) is 2.91. The van der Waals surface area contributed by atoms with E-state index in [1.54, 1.807) is 0 Å². The second kappa shape index (κ2) is 4.94. The van der Waals surface area contributed by atoms with E-state index in [4.69, 9.17) is 0 Å². The molecule has 1 rings (SSSR count). The van der Waals surface area contributed by atoms with Gasteiger partial charge in [0.1, 0.15) is 5.75 Å². The van der Waals surface area contributed by atoms with Crippen LogP contribution in [0.5, 0.6) is 5.75 Å². The van der Waals surface area contributed by atoms with Gasteiger partial charge < -0.3 is 4.74 Å². The van der Waals surface area contributed by atoms with Crippen LogP contribution in [0.3, 0.4) is 0 Å². The minimum Gasteiger partial charge on any atom is -0.435 e. The Morgan fingerprint density at radius 3 is 2.62 bits per heavy atom. The molecule has 0 aromatic heterocycles. The van der Waals surface area contributed by atoms with Crippen molar-refractivity contribution in [3.05, 3.63) is 29.8 Å². The summed E-state index contributed by atoms with van der Waals surface area (Å²) in [6.45, 7) is -2.92. The van der Waals surface area contributed by atoms with Crippen LogP contribution in [0, 0.1) is 11.2 Å². The van der Waals surface area contributed by atoms with Gasteiger partial charge in [-0.05, 0) is 24.1 Å². The Morgan fingerprint density at radius 2 is 2.06 bits per heavy atom. The summed E-state index contributed by atoms with van der Waals surface area (Å²) >= 11 is 0. The molecule has 0 aliphatic carbocycles. The van der Waals surface area contributed by atoms with E-state index < -0.39 is 16.4 Å². The minimum atomic E-state index is -3.41. The van der Waals surface area contributed by atoms with Crippen LogP contribution in [0.2, 0.25) is 0 Å². The molecule has 0 fully saturated rings. The molecule has 0 heterocycles. The van der Waals surface area contributed by atoms with Gasteiger partial charge >= 0.3 is 6.61 Å². The SMILES string of the molecule is CS(=O)(=O)C#Cc1cccc(OC(F)F)c1. The van der Waals surface area contributed by atoms with Gasteiger partial charge in [-0.25, -0.2) is 8.42 Å². The average molecular weight is 246 g/mol. The minimum absolute atomic E-state index is 0.0599. The Morgan fingerprint density at radius 1 is 1.38 bits per heavy atom. The molecule has 0 atom stereocenters. The summed E-state index contributed by atoms with van der Waals surface area (Å²) in [5, 5.41) is 2.00. The fraction of sp³-hybridized carbons (Fsp3) is 0.200. The van der Waals surface area contributed by atoms with E-state index in [1.807, 2.05) is 5.25 Å². The topological polar surface area (TPSA) is 43.4 Å². The van der Waals surface area contributed by atoms with Crippen LogP contribution in [0.15, 0.2) is 24.3 Å². The third-order valence-electron chi connectivity index (χ3n) is 1.44. The highest BCUT2D eigenvalue weighted by Gasteiger charge is 2.03. The molecule has 1 aromatic carbocycles. The maximum Gasteiger partial charge on any atom is 0.387 e. The van der Waals surface area contributed by atoms with Crippen molar-refractivity contribution in [2.45, 2.75) is 6.61 Å². The predicted molar refractivity (Wildman–Crippen MR) is 54.8 cm³/mol. The Labute approximate surface area is 92.0 Å². The molecule has 0 radical (unpaired) electrons. The van der Waals surface area contributed by atoms with E-state index in [0.717, 1.165) is 6.26 Å². The van der Waals surface area contributed by atoms with Gasteiger partial charge in [0.05, 0.1) is 6.26 Å². The largest absolute Gasteiger partial charge is 0.435 e. The predicted octanol–water partition coefficient (Wildman–Crippen LogP) is 1.64. The molecule has 0 saturated carbocycles. The van der Waals surface area contributed by atoms with Crippen LogP contribution in [0.4, 0.5) is 8.78 Å². The van der Waals surface area contributed by atoms with Gasteiger partial charge in [-0.15, -0.1) is 0 Å². The Kier molecular flexibility index (Phi) is 3.85. The molecule has 0 aliphatic rings. The van der Waals surface area contributed by atoms with Crippen molar-refractivity contribution in [1.82, 2.24) is 0 Å². The van der Waals surface area contributed by atoms with E-state index in [2.05, 4.69) is 10.7 Å². The van der Waals surface area contributed by atoms with Crippen LogP contribution in [0.25, 0.3) is 0 Å². The van der Waals surface area contributed by atoms with Crippen molar-refractivity contribution >= 4 is 9.84 Å². The molecule has 0 N–H and O–H groups in total. The van der Waals surface area contributed by atoms with Gasteiger partial charge in [0.2, 0.25) is 9.84 Å². The molecule has 1 aromatic rings. The lowest BCUT2D eigenvalue weighted by molar-refractivity contribution is -0.0498. The van der Waals surface area contributed by atoms with E-state index in [9.17, 15) is 17.2 Å². The molecular formula is C10H8F2O3S. The molecule has 0 bridgehead atoms. The smallest absolute Gasteiger partial charge is 0.387 e. The molecule has 0 amide bonds. The van der Waals surface area contributed by atoms with Crippen molar-refractivity contribution in [1.29, 1.82) is 0 Å². The second-order valence-corrected chi connectivity index (χ2v) is 4.65. The lowest BCUT2D eigenvalue weighted by atomic mass is 10.2. The molecular weight excluding hydrogens is 238 g/mol. The maximum atomic E-state index is 11.9. The van der Waals surface area contributed by atoms with E-state index in [0.29, 0.717) is 5.56 Å².